The average molecular weight is 343 g/mol. The zero-order chi connectivity index (χ0) is 17.8. The number of rotatable bonds is 5. The fourth-order valence-corrected chi connectivity index (χ4v) is 2.22. The number of benzene rings is 1. The van der Waals surface area contributed by atoms with E-state index in [2.05, 4.69) is 15.8 Å². The molecular formula is C17H17N3O5. The third-order valence-electron chi connectivity index (χ3n) is 3.61. The fraction of sp³-hybridized carbons (Fsp3) is 0.294. The van der Waals surface area contributed by atoms with Gasteiger partial charge in [-0.15, -0.1) is 0 Å². The molecule has 1 aromatic heterocycles. The number of amides is 3. The minimum absolute atomic E-state index is 0.128. The molecule has 0 radical (unpaired) electrons. The molecule has 1 aliphatic carbocycles. The van der Waals surface area contributed by atoms with E-state index < -0.39 is 24.5 Å². The van der Waals surface area contributed by atoms with Crippen LogP contribution in [-0.4, -0.2) is 35.7 Å². The molecule has 3 rings (SSSR count). The van der Waals surface area contributed by atoms with E-state index in [0.29, 0.717) is 11.3 Å². The minimum atomic E-state index is -0.740. The van der Waals surface area contributed by atoms with E-state index >= 15 is 0 Å². The van der Waals surface area contributed by atoms with Crippen molar-refractivity contribution >= 4 is 17.9 Å². The van der Waals surface area contributed by atoms with Gasteiger partial charge in [-0.05, 0) is 19.8 Å². The summed E-state index contributed by atoms with van der Waals surface area (Å²) in [7, 11) is 0. The number of nitrogens with one attached hydrogen (secondary N) is 2. The van der Waals surface area contributed by atoms with Crippen LogP contribution in [0.4, 0.5) is 4.79 Å². The van der Waals surface area contributed by atoms with Gasteiger partial charge in [-0.25, -0.2) is 9.59 Å². The van der Waals surface area contributed by atoms with Crippen LogP contribution in [0.25, 0.3) is 11.3 Å². The molecule has 2 N–H and O–H groups in total. The van der Waals surface area contributed by atoms with Crippen LogP contribution in [-0.2, 0) is 9.53 Å². The van der Waals surface area contributed by atoms with Gasteiger partial charge in [0.05, 0.1) is 0 Å². The van der Waals surface area contributed by atoms with Gasteiger partial charge in [0.25, 0.3) is 5.91 Å². The van der Waals surface area contributed by atoms with Gasteiger partial charge in [0.2, 0.25) is 0 Å². The number of urea groups is 1. The Bertz CT molecular complexity index is 796. The lowest BCUT2D eigenvalue weighted by Crippen LogP contribution is -2.42. The van der Waals surface area contributed by atoms with Crippen LogP contribution in [0, 0.1) is 6.92 Å². The number of imide groups is 1. The molecule has 0 atom stereocenters. The lowest BCUT2D eigenvalue weighted by atomic mass is 10.1. The second-order valence-corrected chi connectivity index (χ2v) is 5.70. The van der Waals surface area contributed by atoms with Crippen molar-refractivity contribution in [2.75, 3.05) is 6.61 Å². The molecule has 0 saturated heterocycles. The van der Waals surface area contributed by atoms with Crippen LogP contribution >= 0.6 is 0 Å². The summed E-state index contributed by atoms with van der Waals surface area (Å²) < 4.78 is 10.1. The largest absolute Gasteiger partial charge is 0.452 e. The predicted molar refractivity (Wildman–Crippen MR) is 86.7 cm³/mol. The molecule has 1 heterocycles. The molecule has 0 bridgehead atoms. The number of nitrogens with zero attached hydrogens (tertiary/aromatic N) is 1. The topological polar surface area (TPSA) is 111 Å². The van der Waals surface area contributed by atoms with Gasteiger partial charge in [-0.2, -0.15) is 0 Å². The number of carbonyl (C=O) groups is 3. The van der Waals surface area contributed by atoms with Crippen LogP contribution in [0.3, 0.4) is 0 Å². The van der Waals surface area contributed by atoms with Crippen molar-refractivity contribution in [3.05, 3.63) is 41.7 Å². The summed E-state index contributed by atoms with van der Waals surface area (Å²) in [5.74, 6) is -1.16. The van der Waals surface area contributed by atoms with E-state index in [1.165, 1.54) is 0 Å². The fourth-order valence-electron chi connectivity index (χ4n) is 2.22. The normalized spacial score (nSPS) is 13.2. The summed E-state index contributed by atoms with van der Waals surface area (Å²) in [4.78, 5) is 35.4. The molecule has 8 nitrogen and oxygen atoms in total. The first-order chi connectivity index (χ1) is 12.0. The average Bonchev–Trinajstić information content (AvgIpc) is 3.32. The van der Waals surface area contributed by atoms with E-state index in [9.17, 15) is 14.4 Å². The van der Waals surface area contributed by atoms with Crippen molar-refractivity contribution in [1.29, 1.82) is 0 Å². The maximum Gasteiger partial charge on any atom is 0.344 e. The highest BCUT2D eigenvalue weighted by molar-refractivity contribution is 5.99. The Kier molecular flexibility index (Phi) is 4.78. The van der Waals surface area contributed by atoms with E-state index in [0.717, 1.165) is 12.8 Å². The first-order valence-corrected chi connectivity index (χ1v) is 7.83. The molecule has 0 unspecified atom stereocenters. The van der Waals surface area contributed by atoms with Crippen LogP contribution in [0.2, 0.25) is 0 Å². The lowest BCUT2D eigenvalue weighted by Gasteiger charge is -2.07. The number of esters is 1. The van der Waals surface area contributed by atoms with E-state index in [4.69, 9.17) is 9.26 Å². The molecule has 0 aliphatic heterocycles. The van der Waals surface area contributed by atoms with Gasteiger partial charge in [0, 0.05) is 11.6 Å². The number of ether oxygens (including phenoxy) is 1. The summed E-state index contributed by atoms with van der Waals surface area (Å²) in [6.45, 7) is 1.01. The molecule has 25 heavy (non-hydrogen) atoms. The third-order valence-corrected chi connectivity index (χ3v) is 3.61. The zero-order valence-corrected chi connectivity index (χ0v) is 13.6. The Morgan fingerprint density at radius 3 is 2.64 bits per heavy atom. The van der Waals surface area contributed by atoms with Crippen molar-refractivity contribution in [2.45, 2.75) is 25.8 Å². The molecular weight excluding hydrogens is 326 g/mol. The number of aryl methyl sites for hydroxylation is 1. The van der Waals surface area contributed by atoms with Crippen molar-refractivity contribution in [3.63, 3.8) is 0 Å². The Labute approximate surface area is 143 Å². The molecule has 3 amide bonds. The quantitative estimate of drug-likeness (QED) is 0.801. The zero-order valence-electron chi connectivity index (χ0n) is 13.6. The van der Waals surface area contributed by atoms with Gasteiger partial charge in [0.15, 0.2) is 6.61 Å². The van der Waals surface area contributed by atoms with Crippen LogP contribution < -0.4 is 10.6 Å². The number of hydrogen-bond donors (Lipinski definition) is 2. The van der Waals surface area contributed by atoms with Crippen molar-refractivity contribution in [3.8, 4) is 11.3 Å². The molecule has 2 aromatic rings. The second-order valence-electron chi connectivity index (χ2n) is 5.70. The van der Waals surface area contributed by atoms with Gasteiger partial charge in [0.1, 0.15) is 17.0 Å². The smallest absolute Gasteiger partial charge is 0.344 e. The van der Waals surface area contributed by atoms with Gasteiger partial charge < -0.3 is 14.6 Å². The third kappa shape index (κ3) is 4.23. The van der Waals surface area contributed by atoms with E-state index in [-0.39, 0.29) is 17.4 Å². The Hall–Kier alpha value is -3.16. The maximum absolute atomic E-state index is 12.3. The summed E-state index contributed by atoms with van der Waals surface area (Å²) in [5.41, 5.74) is 1.19. The molecule has 130 valence electrons. The predicted octanol–water partition coefficient (Wildman–Crippen LogP) is 1.80. The minimum Gasteiger partial charge on any atom is -0.452 e. The van der Waals surface area contributed by atoms with Crippen molar-refractivity contribution in [2.24, 2.45) is 0 Å². The Balaban J connectivity index is 1.60. The van der Waals surface area contributed by atoms with E-state index in [1.54, 1.807) is 31.2 Å². The summed E-state index contributed by atoms with van der Waals surface area (Å²) in [5, 5.41) is 8.59. The first-order valence-electron chi connectivity index (χ1n) is 7.83. The number of carbonyl (C=O) groups excluding carboxylic acids is 3. The maximum atomic E-state index is 12.3. The van der Waals surface area contributed by atoms with Gasteiger partial charge in [-0.1, -0.05) is 35.5 Å². The second kappa shape index (κ2) is 7.16. The first kappa shape index (κ1) is 16.7. The number of hydrogen-bond acceptors (Lipinski definition) is 6. The Morgan fingerprint density at radius 1 is 1.24 bits per heavy atom. The highest BCUT2D eigenvalue weighted by Gasteiger charge is 2.25. The van der Waals surface area contributed by atoms with Crippen molar-refractivity contribution in [1.82, 2.24) is 15.8 Å². The van der Waals surface area contributed by atoms with Crippen LogP contribution in [0.15, 0.2) is 34.9 Å². The molecule has 1 aromatic carbocycles. The monoisotopic (exact) mass is 343 g/mol. The lowest BCUT2D eigenvalue weighted by molar-refractivity contribution is -0.123. The van der Waals surface area contributed by atoms with Crippen LogP contribution in [0.1, 0.15) is 29.0 Å². The van der Waals surface area contributed by atoms with E-state index in [1.807, 2.05) is 6.07 Å². The van der Waals surface area contributed by atoms with Crippen LogP contribution in [0.5, 0.6) is 0 Å². The molecule has 8 heteroatoms. The highest BCUT2D eigenvalue weighted by Crippen LogP contribution is 2.25. The molecule has 1 aliphatic rings. The summed E-state index contributed by atoms with van der Waals surface area (Å²) in [6.07, 6.45) is 1.82. The molecule has 1 fully saturated rings. The van der Waals surface area contributed by atoms with Gasteiger partial charge >= 0.3 is 12.0 Å². The Morgan fingerprint density at radius 2 is 1.96 bits per heavy atom. The summed E-state index contributed by atoms with van der Waals surface area (Å²) in [6, 6.07) is 8.55. The van der Waals surface area contributed by atoms with Crippen molar-refractivity contribution < 1.29 is 23.6 Å². The molecule has 0 spiro atoms. The SMILES string of the molecule is Cc1onc(-c2ccccc2)c1C(=O)OCC(=O)NC(=O)NC1CC1. The highest BCUT2D eigenvalue weighted by atomic mass is 16.5. The summed E-state index contributed by atoms with van der Waals surface area (Å²) >= 11 is 0. The molecule has 1 saturated carbocycles. The standard InChI is InChI=1S/C17H17N3O5/c1-10-14(15(20-25-10)11-5-3-2-4-6-11)16(22)24-9-13(21)19-17(23)18-12-7-8-12/h2-6,12H,7-9H2,1H3,(H2,18,19,21,23). The van der Waals surface area contributed by atoms with Gasteiger partial charge in [-0.3, -0.25) is 10.1 Å². The number of aromatic nitrogens is 1.